The van der Waals surface area contributed by atoms with Crippen LogP contribution in [0.5, 0.6) is 5.75 Å². The van der Waals surface area contributed by atoms with E-state index in [9.17, 15) is 9.59 Å². The Balaban J connectivity index is 1.54. The molecule has 1 aromatic carbocycles. The van der Waals surface area contributed by atoms with Crippen molar-refractivity contribution in [2.45, 2.75) is 12.5 Å². The highest BCUT2D eigenvalue weighted by atomic mass is 79.9. The molecule has 142 valence electrons. The van der Waals surface area contributed by atoms with Crippen molar-refractivity contribution < 1.29 is 23.2 Å². The number of aldehydes is 1. The van der Waals surface area contributed by atoms with Crippen LogP contribution < -0.4 is 4.74 Å². The summed E-state index contributed by atoms with van der Waals surface area (Å²) in [6.07, 6.45) is 4.25. The standard InChI is InChI=1S/C20H15BrN2O5/c21-14-5-6-17(13(9-14)11-24)28-12-20(25)23-16(19-4-2-8-27-19)10-15(22-23)18-3-1-7-26-18/h1-9,11,16H,10,12H2. The summed E-state index contributed by atoms with van der Waals surface area (Å²) in [7, 11) is 0. The number of hydrogen-bond acceptors (Lipinski definition) is 6. The monoisotopic (exact) mass is 442 g/mol. The molecule has 1 unspecified atom stereocenters. The molecule has 0 saturated carbocycles. The number of ether oxygens (including phenoxy) is 1. The fourth-order valence-electron chi connectivity index (χ4n) is 2.98. The predicted molar refractivity (Wildman–Crippen MR) is 103 cm³/mol. The molecule has 0 fully saturated rings. The molecule has 1 amide bonds. The van der Waals surface area contributed by atoms with Crippen molar-refractivity contribution in [3.63, 3.8) is 0 Å². The zero-order chi connectivity index (χ0) is 19.5. The molecule has 0 aliphatic carbocycles. The second-order valence-corrected chi connectivity index (χ2v) is 7.00. The van der Waals surface area contributed by atoms with Gasteiger partial charge >= 0.3 is 0 Å². The molecule has 3 aromatic rings. The molecule has 7 nitrogen and oxygen atoms in total. The van der Waals surface area contributed by atoms with Crippen molar-refractivity contribution >= 4 is 33.8 Å². The lowest BCUT2D eigenvalue weighted by molar-refractivity contribution is -0.135. The van der Waals surface area contributed by atoms with E-state index in [1.807, 2.05) is 0 Å². The number of carbonyl (C=O) groups excluding carboxylic acids is 2. The molecule has 1 aliphatic heterocycles. The highest BCUT2D eigenvalue weighted by Crippen LogP contribution is 2.33. The fraction of sp³-hybridized carbons (Fsp3) is 0.150. The molecule has 4 rings (SSSR count). The Labute approximate surface area is 168 Å². The maximum atomic E-state index is 12.8. The van der Waals surface area contributed by atoms with E-state index in [4.69, 9.17) is 13.6 Å². The van der Waals surface area contributed by atoms with Crippen molar-refractivity contribution in [3.05, 3.63) is 76.5 Å². The van der Waals surface area contributed by atoms with Gasteiger partial charge in [0.15, 0.2) is 12.9 Å². The Bertz CT molecular complexity index is 1010. The van der Waals surface area contributed by atoms with Crippen LogP contribution in [0.25, 0.3) is 0 Å². The highest BCUT2D eigenvalue weighted by Gasteiger charge is 2.35. The first-order valence-electron chi connectivity index (χ1n) is 8.50. The molecule has 28 heavy (non-hydrogen) atoms. The summed E-state index contributed by atoms with van der Waals surface area (Å²) in [5, 5.41) is 5.77. The van der Waals surface area contributed by atoms with E-state index < -0.39 is 0 Å². The number of carbonyl (C=O) groups is 2. The third-order valence-electron chi connectivity index (χ3n) is 4.29. The lowest BCUT2D eigenvalue weighted by atomic mass is 10.1. The minimum atomic E-state index is -0.387. The second kappa shape index (κ2) is 7.85. The van der Waals surface area contributed by atoms with E-state index in [2.05, 4.69) is 21.0 Å². The lowest BCUT2D eigenvalue weighted by Crippen LogP contribution is -2.31. The maximum absolute atomic E-state index is 12.8. The molecular weight excluding hydrogens is 428 g/mol. The molecule has 0 spiro atoms. The number of hydrogen-bond donors (Lipinski definition) is 0. The normalized spacial score (nSPS) is 16.1. The molecular formula is C20H15BrN2O5. The Morgan fingerprint density at radius 1 is 1.25 bits per heavy atom. The molecule has 0 saturated heterocycles. The molecule has 2 aromatic heterocycles. The third-order valence-corrected chi connectivity index (χ3v) is 4.79. The zero-order valence-corrected chi connectivity index (χ0v) is 16.2. The number of benzene rings is 1. The molecule has 0 N–H and O–H groups in total. The van der Waals surface area contributed by atoms with E-state index in [0.29, 0.717) is 41.3 Å². The van der Waals surface area contributed by atoms with Crippen LogP contribution in [0.4, 0.5) is 0 Å². The lowest BCUT2D eigenvalue weighted by Gasteiger charge is -2.20. The topological polar surface area (TPSA) is 85.3 Å². The average molecular weight is 443 g/mol. The summed E-state index contributed by atoms with van der Waals surface area (Å²) in [6.45, 7) is -0.269. The predicted octanol–water partition coefficient (Wildman–Crippen LogP) is 4.20. The van der Waals surface area contributed by atoms with Crippen molar-refractivity contribution in [2.75, 3.05) is 6.61 Å². The van der Waals surface area contributed by atoms with Crippen molar-refractivity contribution in [2.24, 2.45) is 5.10 Å². The van der Waals surface area contributed by atoms with Gasteiger partial charge in [-0.2, -0.15) is 5.10 Å². The zero-order valence-electron chi connectivity index (χ0n) is 14.6. The van der Waals surface area contributed by atoms with Gasteiger partial charge < -0.3 is 13.6 Å². The van der Waals surface area contributed by atoms with Crippen LogP contribution in [0, 0.1) is 0 Å². The SMILES string of the molecule is O=Cc1cc(Br)ccc1OCC(=O)N1N=C(c2ccco2)CC1c1ccco1. The van der Waals surface area contributed by atoms with Gasteiger partial charge in [-0.25, -0.2) is 5.01 Å². The summed E-state index contributed by atoms with van der Waals surface area (Å²) in [4.78, 5) is 24.1. The Hall–Kier alpha value is -3.13. The molecule has 3 heterocycles. The van der Waals surface area contributed by atoms with Crippen molar-refractivity contribution in [1.29, 1.82) is 0 Å². The van der Waals surface area contributed by atoms with E-state index in [1.54, 1.807) is 55.0 Å². The van der Waals surface area contributed by atoms with Gasteiger partial charge in [0.2, 0.25) is 0 Å². The van der Waals surface area contributed by atoms with Gasteiger partial charge in [-0.15, -0.1) is 0 Å². The van der Waals surface area contributed by atoms with E-state index in [-0.39, 0.29) is 18.6 Å². The van der Waals surface area contributed by atoms with Gasteiger partial charge in [0.1, 0.15) is 29.0 Å². The highest BCUT2D eigenvalue weighted by molar-refractivity contribution is 9.10. The number of nitrogens with zero attached hydrogens (tertiary/aromatic N) is 2. The minimum Gasteiger partial charge on any atom is -0.483 e. The maximum Gasteiger partial charge on any atom is 0.281 e. The summed E-state index contributed by atoms with van der Waals surface area (Å²) < 4.78 is 17.2. The van der Waals surface area contributed by atoms with Crippen LogP contribution in [0.15, 0.2) is 73.4 Å². The second-order valence-electron chi connectivity index (χ2n) is 6.09. The quantitative estimate of drug-likeness (QED) is 0.533. The van der Waals surface area contributed by atoms with Crippen LogP contribution in [0.1, 0.15) is 34.3 Å². The van der Waals surface area contributed by atoms with Gasteiger partial charge in [0.25, 0.3) is 5.91 Å². The Morgan fingerprint density at radius 2 is 2.07 bits per heavy atom. The number of amides is 1. The molecule has 0 bridgehead atoms. The largest absolute Gasteiger partial charge is 0.483 e. The van der Waals surface area contributed by atoms with Gasteiger partial charge in [0.05, 0.1) is 18.1 Å². The molecule has 0 radical (unpaired) electrons. The minimum absolute atomic E-state index is 0.269. The van der Waals surface area contributed by atoms with E-state index >= 15 is 0 Å². The number of furan rings is 2. The van der Waals surface area contributed by atoms with Crippen LogP contribution in [-0.4, -0.2) is 29.5 Å². The van der Waals surface area contributed by atoms with Crippen molar-refractivity contribution in [3.8, 4) is 5.75 Å². The Kier molecular flexibility index (Phi) is 5.12. The fourth-order valence-corrected chi connectivity index (χ4v) is 3.36. The third kappa shape index (κ3) is 3.63. The first-order valence-corrected chi connectivity index (χ1v) is 9.29. The molecule has 1 atom stereocenters. The van der Waals surface area contributed by atoms with Crippen LogP contribution in [-0.2, 0) is 4.79 Å². The number of halogens is 1. The van der Waals surface area contributed by atoms with Crippen LogP contribution in [0.2, 0.25) is 0 Å². The van der Waals surface area contributed by atoms with Gasteiger partial charge in [-0.05, 0) is 42.5 Å². The van der Waals surface area contributed by atoms with Crippen LogP contribution in [0.3, 0.4) is 0 Å². The number of hydrazone groups is 1. The first-order chi connectivity index (χ1) is 13.7. The number of rotatable bonds is 6. The molecule has 1 aliphatic rings. The van der Waals surface area contributed by atoms with Gasteiger partial charge in [-0.1, -0.05) is 15.9 Å². The van der Waals surface area contributed by atoms with Crippen LogP contribution >= 0.6 is 15.9 Å². The smallest absolute Gasteiger partial charge is 0.281 e. The Morgan fingerprint density at radius 3 is 2.79 bits per heavy atom. The summed E-state index contributed by atoms with van der Waals surface area (Å²) in [5.74, 6) is 1.19. The van der Waals surface area contributed by atoms with Crippen molar-refractivity contribution in [1.82, 2.24) is 5.01 Å². The first kappa shape index (κ1) is 18.2. The van der Waals surface area contributed by atoms with E-state index in [1.165, 1.54) is 5.01 Å². The summed E-state index contributed by atoms with van der Waals surface area (Å²) in [6, 6.07) is 11.7. The van der Waals surface area contributed by atoms with E-state index in [0.717, 1.165) is 4.47 Å². The molecule has 8 heteroatoms. The van der Waals surface area contributed by atoms with Gasteiger partial charge in [0, 0.05) is 10.9 Å². The van der Waals surface area contributed by atoms with Gasteiger partial charge in [-0.3, -0.25) is 9.59 Å². The summed E-state index contributed by atoms with van der Waals surface area (Å²) in [5.41, 5.74) is 1.00. The summed E-state index contributed by atoms with van der Waals surface area (Å²) >= 11 is 3.30. The average Bonchev–Trinajstić information content (AvgIpc) is 3.46.